The van der Waals surface area contributed by atoms with E-state index < -0.39 is 84.5 Å². The summed E-state index contributed by atoms with van der Waals surface area (Å²) in [5.74, 6) is -5.02. The first-order valence-electron chi connectivity index (χ1n) is 15.5. The predicted octanol–water partition coefficient (Wildman–Crippen LogP) is -1.70. The van der Waals surface area contributed by atoms with Crippen molar-refractivity contribution in [2.24, 2.45) is 17.6 Å². The van der Waals surface area contributed by atoms with E-state index in [2.05, 4.69) is 16.0 Å². The second-order valence-corrected chi connectivity index (χ2v) is 12.0. The second-order valence-electron chi connectivity index (χ2n) is 12.0. The van der Waals surface area contributed by atoms with Crippen LogP contribution in [0, 0.1) is 11.8 Å². The van der Waals surface area contributed by atoms with Gasteiger partial charge in [-0.2, -0.15) is 0 Å². The minimum Gasteiger partial charge on any atom is -0.480 e. The number of rotatable bonds is 15. The molecule has 5 amide bonds. The summed E-state index contributed by atoms with van der Waals surface area (Å²) in [4.78, 5) is 80.6. The highest BCUT2D eigenvalue weighted by molar-refractivity contribution is 5.97. The Morgan fingerprint density at radius 2 is 1.20 bits per heavy atom. The van der Waals surface area contributed by atoms with E-state index >= 15 is 0 Å². The number of aliphatic carboxylic acids is 1. The molecular weight excluding hydrogens is 576 g/mol. The van der Waals surface area contributed by atoms with Gasteiger partial charge in [0.1, 0.15) is 36.3 Å². The van der Waals surface area contributed by atoms with Crippen molar-refractivity contribution in [1.29, 1.82) is 0 Å². The zero-order valence-electron chi connectivity index (χ0n) is 26.3. The molecule has 0 aromatic carbocycles. The van der Waals surface area contributed by atoms with Gasteiger partial charge >= 0.3 is 5.97 Å². The molecule has 0 radical (unpaired) electrons. The first-order chi connectivity index (χ1) is 20.7. The molecule has 0 saturated carbocycles. The Bertz CT molecular complexity index is 1060. The van der Waals surface area contributed by atoms with Crippen molar-refractivity contribution < 1.29 is 44.1 Å². The maximum absolute atomic E-state index is 13.6. The van der Waals surface area contributed by atoms with Crippen molar-refractivity contribution in [3.05, 3.63) is 0 Å². The lowest BCUT2D eigenvalue weighted by Gasteiger charge is -2.34. The Balaban J connectivity index is 2.20. The Morgan fingerprint density at radius 3 is 1.61 bits per heavy atom. The summed E-state index contributed by atoms with van der Waals surface area (Å²) in [7, 11) is 0. The fourth-order valence-electron chi connectivity index (χ4n) is 5.56. The SMILES string of the molecule is CC[C@H](C)[C@H](NC(=O)[C@@H]1CCCN1C(=O)[C@@H](NC(=O)[C@@H]1CCCN1C(=O)[C@@H](NC(=O)[C@@H](N)CO)[C@@H](C)CC)[C@@H](C)O)C(=O)O. The van der Waals surface area contributed by atoms with Gasteiger partial charge in [0.2, 0.25) is 29.5 Å². The monoisotopic (exact) mass is 626 g/mol. The average Bonchev–Trinajstić information content (AvgIpc) is 3.69. The van der Waals surface area contributed by atoms with Gasteiger partial charge in [-0.25, -0.2) is 4.79 Å². The number of aliphatic hydroxyl groups excluding tert-OH is 2. The largest absolute Gasteiger partial charge is 0.480 e. The van der Waals surface area contributed by atoms with Crippen LogP contribution in [0.3, 0.4) is 0 Å². The topological polar surface area (TPSA) is 232 Å². The number of carboxylic acid groups (broad SMARTS) is 1. The van der Waals surface area contributed by atoms with E-state index in [0.717, 1.165) is 0 Å². The third kappa shape index (κ3) is 8.88. The minimum absolute atomic E-state index is 0.178. The number of carbonyl (C=O) groups excluding carboxylic acids is 5. The number of hydrogen-bond acceptors (Lipinski definition) is 9. The minimum atomic E-state index is -1.43. The summed E-state index contributed by atoms with van der Waals surface area (Å²) in [5, 5.41) is 37.1. The number of nitrogens with two attached hydrogens (primary N) is 1. The van der Waals surface area contributed by atoms with Gasteiger partial charge in [-0.3, -0.25) is 24.0 Å². The lowest BCUT2D eigenvalue weighted by atomic mass is 9.97. The van der Waals surface area contributed by atoms with Crippen LogP contribution in [-0.2, 0) is 28.8 Å². The molecule has 2 saturated heterocycles. The lowest BCUT2D eigenvalue weighted by molar-refractivity contribution is -0.147. The molecule has 0 aromatic rings. The number of aliphatic hydroxyl groups is 2. The van der Waals surface area contributed by atoms with E-state index in [9.17, 15) is 44.1 Å². The molecule has 2 rings (SSSR count). The smallest absolute Gasteiger partial charge is 0.326 e. The lowest BCUT2D eigenvalue weighted by Crippen LogP contribution is -2.61. The second kappa shape index (κ2) is 16.7. The number of hydrogen-bond donors (Lipinski definition) is 7. The predicted molar refractivity (Wildman–Crippen MR) is 159 cm³/mol. The van der Waals surface area contributed by atoms with E-state index in [1.165, 1.54) is 16.7 Å². The molecule has 9 atom stereocenters. The number of carboxylic acids is 1. The molecule has 2 heterocycles. The molecule has 2 aliphatic rings. The first-order valence-corrected chi connectivity index (χ1v) is 15.5. The molecule has 15 heteroatoms. The van der Waals surface area contributed by atoms with Crippen LogP contribution in [0.4, 0.5) is 0 Å². The van der Waals surface area contributed by atoms with Gasteiger partial charge in [0.05, 0.1) is 12.7 Å². The van der Waals surface area contributed by atoms with E-state index in [0.29, 0.717) is 32.1 Å². The van der Waals surface area contributed by atoms with Crippen LogP contribution in [-0.4, -0.2) is 123 Å². The summed E-state index contributed by atoms with van der Waals surface area (Å²) in [6, 6.07) is -6.72. The van der Waals surface area contributed by atoms with Crippen molar-refractivity contribution in [1.82, 2.24) is 25.8 Å². The molecule has 250 valence electrons. The summed E-state index contributed by atoms with van der Waals surface area (Å²) in [5.41, 5.74) is 5.62. The van der Waals surface area contributed by atoms with E-state index in [4.69, 9.17) is 5.73 Å². The van der Waals surface area contributed by atoms with E-state index in [1.807, 2.05) is 6.92 Å². The molecule has 2 aliphatic heterocycles. The van der Waals surface area contributed by atoms with Gasteiger partial charge in [0.25, 0.3) is 0 Å². The highest BCUT2D eigenvalue weighted by Gasteiger charge is 2.44. The summed E-state index contributed by atoms with van der Waals surface area (Å²) in [6.45, 7) is 8.25. The molecule has 0 bridgehead atoms. The number of nitrogens with one attached hydrogen (secondary N) is 3. The van der Waals surface area contributed by atoms with Crippen molar-refractivity contribution in [2.45, 2.75) is 115 Å². The number of carbonyl (C=O) groups is 6. The Labute approximate surface area is 258 Å². The molecule has 44 heavy (non-hydrogen) atoms. The molecule has 15 nitrogen and oxygen atoms in total. The van der Waals surface area contributed by atoms with Crippen LogP contribution in [0.2, 0.25) is 0 Å². The molecule has 0 aliphatic carbocycles. The quantitative estimate of drug-likeness (QED) is 0.109. The molecule has 2 fully saturated rings. The number of likely N-dealkylation sites (tertiary alicyclic amines) is 2. The van der Waals surface area contributed by atoms with Crippen LogP contribution in [0.15, 0.2) is 0 Å². The zero-order chi connectivity index (χ0) is 33.3. The normalized spacial score (nSPS) is 23.1. The van der Waals surface area contributed by atoms with Crippen LogP contribution >= 0.6 is 0 Å². The van der Waals surface area contributed by atoms with Crippen molar-refractivity contribution in [3.63, 3.8) is 0 Å². The molecule has 0 unspecified atom stereocenters. The maximum Gasteiger partial charge on any atom is 0.326 e. The standard InChI is InChI=1S/C29H50N6O9/c1-6-15(3)21(31-24(38)18(30)14-36)27(41)34-12-8-11-20(34)26(40)33-23(17(5)37)28(42)35-13-9-10-19(35)25(39)32-22(29(43)44)16(4)7-2/h15-23,36-37H,6-14,30H2,1-5H3,(H,31,38)(H,32,39)(H,33,40)(H,43,44)/t15-,16-,17+,18-,19-,20-,21-,22-,23-/m0/s1. The van der Waals surface area contributed by atoms with Gasteiger partial charge in [-0.05, 0) is 44.4 Å². The fraction of sp³-hybridized carbons (Fsp3) is 0.793. The van der Waals surface area contributed by atoms with Gasteiger partial charge in [0.15, 0.2) is 0 Å². The first kappa shape index (κ1) is 36.9. The fourth-order valence-corrected chi connectivity index (χ4v) is 5.56. The van der Waals surface area contributed by atoms with E-state index in [1.54, 1.807) is 20.8 Å². The van der Waals surface area contributed by atoms with Crippen molar-refractivity contribution >= 4 is 35.5 Å². The molecular formula is C29H50N6O9. The summed E-state index contributed by atoms with van der Waals surface area (Å²) < 4.78 is 0. The maximum atomic E-state index is 13.6. The third-order valence-electron chi connectivity index (χ3n) is 8.81. The Hall–Kier alpha value is -3.30. The van der Waals surface area contributed by atoms with Gasteiger partial charge in [-0.1, -0.05) is 40.5 Å². The van der Waals surface area contributed by atoms with Gasteiger partial charge < -0.3 is 46.8 Å². The summed E-state index contributed by atoms with van der Waals surface area (Å²) >= 11 is 0. The third-order valence-corrected chi connectivity index (χ3v) is 8.81. The molecule has 8 N–H and O–H groups in total. The molecule has 0 aromatic heterocycles. The zero-order valence-corrected chi connectivity index (χ0v) is 26.3. The average molecular weight is 627 g/mol. The summed E-state index contributed by atoms with van der Waals surface area (Å²) in [6.07, 6.45) is 1.24. The Kier molecular flexibility index (Phi) is 14.0. The van der Waals surface area contributed by atoms with Crippen molar-refractivity contribution in [3.8, 4) is 0 Å². The van der Waals surface area contributed by atoms with Crippen molar-refractivity contribution in [2.75, 3.05) is 19.7 Å². The Morgan fingerprint density at radius 1 is 0.773 bits per heavy atom. The van der Waals surface area contributed by atoms with Gasteiger partial charge in [-0.15, -0.1) is 0 Å². The van der Waals surface area contributed by atoms with Crippen LogP contribution in [0.5, 0.6) is 0 Å². The van der Waals surface area contributed by atoms with Crippen LogP contribution in [0.25, 0.3) is 0 Å². The van der Waals surface area contributed by atoms with Crippen LogP contribution in [0.1, 0.15) is 73.1 Å². The van der Waals surface area contributed by atoms with Gasteiger partial charge in [0, 0.05) is 13.1 Å². The van der Waals surface area contributed by atoms with Crippen LogP contribution < -0.4 is 21.7 Å². The number of nitrogens with zero attached hydrogens (tertiary/aromatic N) is 2. The molecule has 0 spiro atoms. The highest BCUT2D eigenvalue weighted by atomic mass is 16.4. The van der Waals surface area contributed by atoms with E-state index in [-0.39, 0.29) is 31.3 Å². The highest BCUT2D eigenvalue weighted by Crippen LogP contribution is 2.24. The number of amides is 5.